The highest BCUT2D eigenvalue weighted by molar-refractivity contribution is 5.83. The van der Waals surface area contributed by atoms with E-state index in [0.29, 0.717) is 34.1 Å². The van der Waals surface area contributed by atoms with Gasteiger partial charge in [0, 0.05) is 0 Å². The first kappa shape index (κ1) is 24.8. The molecule has 10 heteroatoms. The molecule has 0 heterocycles. The lowest BCUT2D eigenvalue weighted by Crippen LogP contribution is -2.43. The summed E-state index contributed by atoms with van der Waals surface area (Å²) >= 11 is 0. The highest BCUT2D eigenvalue weighted by atomic mass is 16.6. The second-order valence-corrected chi connectivity index (χ2v) is 6.52. The Kier molecular flexibility index (Phi) is 9.11. The van der Waals surface area contributed by atoms with Crippen LogP contribution in [0.5, 0.6) is 23.0 Å². The summed E-state index contributed by atoms with van der Waals surface area (Å²) in [7, 11) is 5.90. The predicted molar refractivity (Wildman–Crippen MR) is 112 cm³/mol. The van der Waals surface area contributed by atoms with Crippen molar-refractivity contribution in [3.63, 3.8) is 0 Å². The standard InChI is InChI=1S/C22H26O10/c1-27-15-7-5-13(9-17(15)29-3)11-31-19(21(23)24)20(22(25)26)32-12-14-6-8-16(28-2)18(10-14)30-4/h5-10,19-20H,11-12H2,1-4H3,(H,23,24)(H,25,26)/t19-,20-/m1/s1. The molecule has 10 nitrogen and oxygen atoms in total. The van der Waals surface area contributed by atoms with Crippen LogP contribution in [0.25, 0.3) is 0 Å². The molecule has 32 heavy (non-hydrogen) atoms. The van der Waals surface area contributed by atoms with Gasteiger partial charge in [-0.25, -0.2) is 9.59 Å². The number of hydrogen-bond donors (Lipinski definition) is 2. The smallest absolute Gasteiger partial charge is 0.336 e. The quantitative estimate of drug-likeness (QED) is 0.469. The maximum Gasteiger partial charge on any atom is 0.336 e. The van der Waals surface area contributed by atoms with E-state index in [0.717, 1.165) is 0 Å². The zero-order chi connectivity index (χ0) is 23.7. The Balaban J connectivity index is 2.13. The van der Waals surface area contributed by atoms with E-state index in [-0.39, 0.29) is 13.2 Å². The second kappa shape index (κ2) is 11.8. The number of carboxylic acids is 2. The van der Waals surface area contributed by atoms with E-state index in [1.807, 2.05) is 0 Å². The van der Waals surface area contributed by atoms with Crippen LogP contribution in [-0.4, -0.2) is 62.8 Å². The van der Waals surface area contributed by atoms with E-state index in [2.05, 4.69) is 0 Å². The van der Waals surface area contributed by atoms with E-state index in [1.165, 1.54) is 28.4 Å². The Morgan fingerprint density at radius 2 is 1.00 bits per heavy atom. The highest BCUT2D eigenvalue weighted by Gasteiger charge is 2.36. The minimum Gasteiger partial charge on any atom is -0.493 e. The van der Waals surface area contributed by atoms with Gasteiger partial charge in [0.25, 0.3) is 0 Å². The molecule has 0 bridgehead atoms. The van der Waals surface area contributed by atoms with Crippen molar-refractivity contribution in [3.05, 3.63) is 47.5 Å². The molecular formula is C22H26O10. The first-order valence-corrected chi connectivity index (χ1v) is 9.45. The zero-order valence-electron chi connectivity index (χ0n) is 18.2. The summed E-state index contributed by atoms with van der Waals surface area (Å²) in [5.41, 5.74) is 1.14. The van der Waals surface area contributed by atoms with Crippen LogP contribution in [0.1, 0.15) is 11.1 Å². The van der Waals surface area contributed by atoms with Gasteiger partial charge in [0.15, 0.2) is 35.2 Å². The highest BCUT2D eigenvalue weighted by Crippen LogP contribution is 2.29. The molecule has 0 spiro atoms. The minimum atomic E-state index is -1.75. The largest absolute Gasteiger partial charge is 0.493 e. The Labute approximate surface area is 185 Å². The Morgan fingerprint density at radius 3 is 1.28 bits per heavy atom. The van der Waals surface area contributed by atoms with E-state index < -0.39 is 24.1 Å². The first-order valence-electron chi connectivity index (χ1n) is 9.45. The van der Waals surface area contributed by atoms with Crippen LogP contribution in [0.15, 0.2) is 36.4 Å². The number of carboxylic acid groups (broad SMARTS) is 2. The molecular weight excluding hydrogens is 424 g/mol. The number of carbonyl (C=O) groups is 2. The van der Waals surface area contributed by atoms with Crippen LogP contribution >= 0.6 is 0 Å². The molecule has 0 aliphatic carbocycles. The fourth-order valence-corrected chi connectivity index (χ4v) is 2.89. The lowest BCUT2D eigenvalue weighted by Gasteiger charge is -2.22. The number of hydrogen-bond acceptors (Lipinski definition) is 8. The summed E-state index contributed by atoms with van der Waals surface area (Å²) in [4.78, 5) is 23.5. The van der Waals surface area contributed by atoms with Crippen molar-refractivity contribution in [1.29, 1.82) is 0 Å². The van der Waals surface area contributed by atoms with Crippen LogP contribution in [0, 0.1) is 0 Å². The number of rotatable bonds is 13. The molecule has 2 N–H and O–H groups in total. The summed E-state index contributed by atoms with van der Waals surface area (Å²) < 4.78 is 31.5. The molecule has 0 saturated heterocycles. The van der Waals surface area contributed by atoms with E-state index >= 15 is 0 Å². The summed E-state index contributed by atoms with van der Waals surface area (Å²) in [5.74, 6) is -1.09. The third-order valence-corrected chi connectivity index (χ3v) is 4.52. The summed E-state index contributed by atoms with van der Waals surface area (Å²) in [6.07, 6.45) is -3.50. The van der Waals surface area contributed by atoms with Crippen molar-refractivity contribution < 1.29 is 48.2 Å². The van der Waals surface area contributed by atoms with Crippen molar-refractivity contribution in [3.8, 4) is 23.0 Å². The van der Waals surface area contributed by atoms with Crippen LogP contribution in [0.4, 0.5) is 0 Å². The van der Waals surface area contributed by atoms with Crippen molar-refractivity contribution in [1.82, 2.24) is 0 Å². The summed E-state index contributed by atoms with van der Waals surface area (Å²) in [5, 5.41) is 19.1. The van der Waals surface area contributed by atoms with Gasteiger partial charge in [-0.15, -0.1) is 0 Å². The Morgan fingerprint density at radius 1 is 0.656 bits per heavy atom. The van der Waals surface area contributed by atoms with Crippen LogP contribution in [0.3, 0.4) is 0 Å². The van der Waals surface area contributed by atoms with E-state index in [9.17, 15) is 19.8 Å². The summed E-state index contributed by atoms with van der Waals surface area (Å²) in [6, 6.07) is 9.79. The maximum atomic E-state index is 11.7. The monoisotopic (exact) mass is 450 g/mol. The van der Waals surface area contributed by atoms with Crippen molar-refractivity contribution in [2.75, 3.05) is 28.4 Å². The Hall–Kier alpha value is -3.50. The fraction of sp³-hybridized carbons (Fsp3) is 0.364. The molecule has 2 atom stereocenters. The number of methoxy groups -OCH3 is 4. The third-order valence-electron chi connectivity index (χ3n) is 4.52. The lowest BCUT2D eigenvalue weighted by atomic mass is 10.1. The SMILES string of the molecule is COc1ccc(CO[C@@H](C(=O)O)[C@@H](OCc2ccc(OC)c(OC)c2)C(=O)O)cc1OC. The number of benzene rings is 2. The molecule has 174 valence electrons. The van der Waals surface area contributed by atoms with Gasteiger partial charge >= 0.3 is 11.9 Å². The molecule has 0 fully saturated rings. The second-order valence-electron chi connectivity index (χ2n) is 6.52. The van der Waals surface area contributed by atoms with Gasteiger partial charge < -0.3 is 38.6 Å². The van der Waals surface area contributed by atoms with Crippen molar-refractivity contribution in [2.45, 2.75) is 25.4 Å². The normalized spacial score (nSPS) is 12.5. The molecule has 2 aromatic rings. The molecule has 0 aliphatic rings. The first-order chi connectivity index (χ1) is 15.3. The number of aliphatic carboxylic acids is 2. The minimum absolute atomic E-state index is 0.180. The van der Waals surface area contributed by atoms with Gasteiger partial charge in [0.05, 0.1) is 41.7 Å². The number of ether oxygens (including phenoxy) is 6. The molecule has 2 rings (SSSR count). The van der Waals surface area contributed by atoms with Gasteiger partial charge in [-0.2, -0.15) is 0 Å². The fourth-order valence-electron chi connectivity index (χ4n) is 2.89. The van der Waals surface area contributed by atoms with Gasteiger partial charge in [-0.05, 0) is 35.4 Å². The molecule has 0 amide bonds. The molecule has 0 radical (unpaired) electrons. The predicted octanol–water partition coefficient (Wildman–Crippen LogP) is 2.36. The molecule has 2 aromatic carbocycles. The molecule has 0 aromatic heterocycles. The molecule has 0 saturated carbocycles. The maximum absolute atomic E-state index is 11.7. The van der Waals surface area contributed by atoms with Crippen LogP contribution in [0.2, 0.25) is 0 Å². The van der Waals surface area contributed by atoms with Crippen molar-refractivity contribution >= 4 is 11.9 Å². The van der Waals surface area contributed by atoms with Gasteiger partial charge in [0.2, 0.25) is 0 Å². The lowest BCUT2D eigenvalue weighted by molar-refractivity contribution is -0.179. The average molecular weight is 450 g/mol. The molecule has 0 unspecified atom stereocenters. The van der Waals surface area contributed by atoms with Gasteiger partial charge in [0.1, 0.15) is 0 Å². The Bertz CT molecular complexity index is 851. The van der Waals surface area contributed by atoms with Gasteiger partial charge in [-0.3, -0.25) is 0 Å². The summed E-state index contributed by atoms with van der Waals surface area (Å²) in [6.45, 7) is -0.359. The average Bonchev–Trinajstić information content (AvgIpc) is 2.80. The molecule has 0 aliphatic heterocycles. The van der Waals surface area contributed by atoms with Crippen LogP contribution in [-0.2, 0) is 32.3 Å². The van der Waals surface area contributed by atoms with Crippen LogP contribution < -0.4 is 18.9 Å². The van der Waals surface area contributed by atoms with Gasteiger partial charge in [-0.1, -0.05) is 12.1 Å². The zero-order valence-corrected chi connectivity index (χ0v) is 18.2. The van der Waals surface area contributed by atoms with Crippen molar-refractivity contribution in [2.24, 2.45) is 0 Å². The topological polar surface area (TPSA) is 130 Å². The third kappa shape index (κ3) is 6.25. The van der Waals surface area contributed by atoms with E-state index in [4.69, 9.17) is 28.4 Å². The van der Waals surface area contributed by atoms with E-state index in [1.54, 1.807) is 36.4 Å².